The zero-order valence-corrected chi connectivity index (χ0v) is 21.1. The third kappa shape index (κ3) is 3.53. The molecule has 0 saturated heterocycles. The van der Waals surface area contributed by atoms with Gasteiger partial charge in [-0.05, 0) is 85.4 Å². The molecule has 12 atom stereocenters. The quantitative estimate of drug-likeness (QED) is 0.424. The molecule has 0 radical (unpaired) electrons. The molecule has 190 valence electrons. The minimum absolute atomic E-state index is 0.00713. The second-order valence-electron chi connectivity index (χ2n) is 13.0. The third-order valence-corrected chi connectivity index (χ3v) is 11.6. The molecule has 0 aromatic carbocycles. The molecule has 4 saturated carbocycles. The fourth-order valence-electron chi connectivity index (χ4n) is 9.78. The Hall–Kier alpha value is -0.690. The number of aliphatic hydroxyl groups excluding tert-OH is 3. The number of fused-ring (bicyclic) bond motifs is 5. The molecule has 4 aliphatic rings. The molecule has 0 aromatic heterocycles. The SMILES string of the molecule is CC(C)[C@@]1(O)C[C@@H](O)C[C@H]2C[C@@H](O)[C@H]3[C@@H]4CC[C@H]([C@H](C)CCC(=O)O)[C@@]4(C)[C@@H](O)C[C@@H]3[C@]21C. The van der Waals surface area contributed by atoms with Crippen molar-refractivity contribution < 1.29 is 30.3 Å². The monoisotopic (exact) mass is 466 g/mol. The summed E-state index contributed by atoms with van der Waals surface area (Å²) in [6.45, 7) is 10.5. The summed E-state index contributed by atoms with van der Waals surface area (Å²) in [5.74, 6) is -0.207. The van der Waals surface area contributed by atoms with Crippen LogP contribution >= 0.6 is 0 Å². The van der Waals surface area contributed by atoms with E-state index in [9.17, 15) is 25.2 Å². The molecule has 4 aliphatic carbocycles. The molecule has 0 spiro atoms. The van der Waals surface area contributed by atoms with E-state index in [1.807, 2.05) is 13.8 Å². The van der Waals surface area contributed by atoms with Crippen LogP contribution in [-0.4, -0.2) is 55.4 Å². The minimum Gasteiger partial charge on any atom is -0.481 e. The first-order chi connectivity index (χ1) is 15.3. The van der Waals surface area contributed by atoms with E-state index in [-0.39, 0.29) is 53.3 Å². The van der Waals surface area contributed by atoms with Gasteiger partial charge in [0.2, 0.25) is 0 Å². The van der Waals surface area contributed by atoms with Crippen molar-refractivity contribution in [2.45, 2.75) is 110 Å². The summed E-state index contributed by atoms with van der Waals surface area (Å²) in [7, 11) is 0. The van der Waals surface area contributed by atoms with E-state index >= 15 is 0 Å². The lowest BCUT2D eigenvalue weighted by Crippen LogP contribution is -2.70. The normalized spacial score (nSPS) is 52.7. The minimum atomic E-state index is -1.04. The van der Waals surface area contributed by atoms with Crippen LogP contribution < -0.4 is 0 Å². The molecule has 0 amide bonds. The molecule has 0 unspecified atom stereocenters. The number of carboxylic acid groups (broad SMARTS) is 1. The van der Waals surface area contributed by atoms with Crippen molar-refractivity contribution in [2.75, 3.05) is 0 Å². The van der Waals surface area contributed by atoms with Gasteiger partial charge in [-0.15, -0.1) is 0 Å². The molecular formula is C27H46O6. The molecule has 6 nitrogen and oxygen atoms in total. The number of hydrogen-bond acceptors (Lipinski definition) is 5. The Kier molecular flexibility index (Phi) is 6.51. The molecule has 0 aliphatic heterocycles. The second kappa shape index (κ2) is 8.46. The standard InChI is InChI=1S/C27H46O6/c1-14(2)27(33)13-17(28)10-16-11-21(29)24-19-8-7-18(15(3)6-9-23(31)32)25(19,4)22(30)12-20(24)26(16,27)5/h14-22,24,28-30,33H,6-13H2,1-5H3,(H,31,32)/t15-,16+,17+,18-,19+,20+,21-,22+,24+,25-,26+,27+/m1/s1. The van der Waals surface area contributed by atoms with Gasteiger partial charge in [0.05, 0.1) is 23.9 Å². The molecule has 0 aromatic rings. The highest BCUT2D eigenvalue weighted by Gasteiger charge is 2.70. The predicted octanol–water partition coefficient (Wildman–Crippen LogP) is 3.45. The van der Waals surface area contributed by atoms with Gasteiger partial charge in [0, 0.05) is 18.3 Å². The lowest BCUT2D eigenvalue weighted by atomic mass is 9.39. The van der Waals surface area contributed by atoms with Crippen LogP contribution in [0.25, 0.3) is 0 Å². The average molecular weight is 467 g/mol. The molecule has 0 bridgehead atoms. The van der Waals surface area contributed by atoms with Crippen LogP contribution in [0.4, 0.5) is 0 Å². The van der Waals surface area contributed by atoms with Gasteiger partial charge < -0.3 is 25.5 Å². The van der Waals surface area contributed by atoms with Crippen LogP contribution in [0.5, 0.6) is 0 Å². The Morgan fingerprint density at radius 1 is 1.00 bits per heavy atom. The van der Waals surface area contributed by atoms with Gasteiger partial charge in [-0.1, -0.05) is 34.6 Å². The fourth-order valence-corrected chi connectivity index (χ4v) is 9.78. The van der Waals surface area contributed by atoms with Crippen molar-refractivity contribution in [3.8, 4) is 0 Å². The van der Waals surface area contributed by atoms with E-state index in [1.165, 1.54) is 0 Å². The smallest absolute Gasteiger partial charge is 0.303 e. The number of hydrogen-bond donors (Lipinski definition) is 5. The lowest BCUT2D eigenvalue weighted by molar-refractivity contribution is -0.278. The van der Waals surface area contributed by atoms with Gasteiger partial charge in [-0.2, -0.15) is 0 Å². The summed E-state index contributed by atoms with van der Waals surface area (Å²) in [5.41, 5.74) is -1.87. The molecule has 5 N–H and O–H groups in total. The van der Waals surface area contributed by atoms with Crippen LogP contribution in [0.3, 0.4) is 0 Å². The van der Waals surface area contributed by atoms with Gasteiger partial charge >= 0.3 is 5.97 Å². The van der Waals surface area contributed by atoms with E-state index in [2.05, 4.69) is 20.8 Å². The average Bonchev–Trinajstić information content (AvgIpc) is 3.07. The Morgan fingerprint density at radius 3 is 2.27 bits per heavy atom. The highest BCUT2D eigenvalue weighted by molar-refractivity contribution is 5.66. The topological polar surface area (TPSA) is 118 Å². The van der Waals surface area contributed by atoms with Gasteiger partial charge in [0.15, 0.2) is 0 Å². The zero-order valence-electron chi connectivity index (χ0n) is 21.1. The van der Waals surface area contributed by atoms with Gasteiger partial charge in [-0.3, -0.25) is 4.79 Å². The Balaban J connectivity index is 1.70. The Bertz CT molecular complexity index is 755. The third-order valence-electron chi connectivity index (χ3n) is 11.6. The number of aliphatic carboxylic acids is 1. The van der Waals surface area contributed by atoms with Crippen LogP contribution in [-0.2, 0) is 4.79 Å². The second-order valence-corrected chi connectivity index (χ2v) is 13.0. The van der Waals surface area contributed by atoms with Crippen molar-refractivity contribution in [3.05, 3.63) is 0 Å². The number of rotatable bonds is 5. The molecule has 4 rings (SSSR count). The number of carboxylic acids is 1. The van der Waals surface area contributed by atoms with Crippen molar-refractivity contribution in [1.82, 2.24) is 0 Å². The van der Waals surface area contributed by atoms with Crippen molar-refractivity contribution in [2.24, 2.45) is 52.3 Å². The maximum Gasteiger partial charge on any atom is 0.303 e. The van der Waals surface area contributed by atoms with Gasteiger partial charge in [0.25, 0.3) is 0 Å². The van der Waals surface area contributed by atoms with Crippen LogP contribution in [0.15, 0.2) is 0 Å². The van der Waals surface area contributed by atoms with Gasteiger partial charge in [-0.25, -0.2) is 0 Å². The van der Waals surface area contributed by atoms with E-state index in [0.29, 0.717) is 32.1 Å². The first-order valence-corrected chi connectivity index (χ1v) is 13.3. The van der Waals surface area contributed by atoms with Gasteiger partial charge in [0.1, 0.15) is 0 Å². The first-order valence-electron chi connectivity index (χ1n) is 13.3. The molecule has 6 heteroatoms. The fraction of sp³-hybridized carbons (Fsp3) is 0.963. The molecule has 0 heterocycles. The van der Waals surface area contributed by atoms with Crippen molar-refractivity contribution in [1.29, 1.82) is 0 Å². The van der Waals surface area contributed by atoms with E-state index in [4.69, 9.17) is 5.11 Å². The summed E-state index contributed by atoms with van der Waals surface area (Å²) in [5, 5.41) is 55.0. The Morgan fingerprint density at radius 2 is 1.67 bits per heavy atom. The predicted molar refractivity (Wildman–Crippen MR) is 125 cm³/mol. The molecule has 4 fully saturated rings. The highest BCUT2D eigenvalue weighted by atomic mass is 16.4. The Labute approximate surface area is 198 Å². The highest BCUT2D eigenvalue weighted by Crippen LogP contribution is 2.70. The summed E-state index contributed by atoms with van der Waals surface area (Å²) < 4.78 is 0. The largest absolute Gasteiger partial charge is 0.481 e. The summed E-state index contributed by atoms with van der Waals surface area (Å²) in [6, 6.07) is 0. The van der Waals surface area contributed by atoms with Crippen LogP contribution in [0, 0.1) is 52.3 Å². The lowest BCUT2D eigenvalue weighted by Gasteiger charge is -2.68. The zero-order chi connectivity index (χ0) is 24.5. The van der Waals surface area contributed by atoms with E-state index < -0.39 is 35.3 Å². The molecular weight excluding hydrogens is 420 g/mol. The first kappa shape index (κ1) is 25.4. The van der Waals surface area contributed by atoms with Crippen LogP contribution in [0.2, 0.25) is 0 Å². The molecule has 33 heavy (non-hydrogen) atoms. The number of aliphatic hydroxyl groups is 4. The maximum absolute atomic E-state index is 12.1. The van der Waals surface area contributed by atoms with Crippen molar-refractivity contribution in [3.63, 3.8) is 0 Å². The number of carbonyl (C=O) groups is 1. The summed E-state index contributed by atoms with van der Waals surface area (Å²) in [6.07, 6.45) is 3.10. The maximum atomic E-state index is 12.1. The van der Waals surface area contributed by atoms with Crippen LogP contribution in [0.1, 0.15) is 86.0 Å². The summed E-state index contributed by atoms with van der Waals surface area (Å²) in [4.78, 5) is 11.2. The van der Waals surface area contributed by atoms with Crippen molar-refractivity contribution >= 4 is 5.97 Å². The summed E-state index contributed by atoms with van der Waals surface area (Å²) >= 11 is 0. The van der Waals surface area contributed by atoms with E-state index in [0.717, 1.165) is 12.8 Å². The van der Waals surface area contributed by atoms with E-state index in [1.54, 1.807) is 0 Å².